The molecule has 0 fully saturated rings. The van der Waals surface area contributed by atoms with Crippen LogP contribution in [0.15, 0.2) is 35.5 Å². The summed E-state index contributed by atoms with van der Waals surface area (Å²) in [5.74, 6) is 1.87. The van der Waals surface area contributed by atoms with Gasteiger partial charge >= 0.3 is 0 Å². The van der Waals surface area contributed by atoms with E-state index in [4.69, 9.17) is 0 Å². The van der Waals surface area contributed by atoms with Crippen LogP contribution >= 0.6 is 0 Å². The molecule has 136 valence electrons. The fraction of sp³-hybridized carbons (Fsp3) is 0.571. The van der Waals surface area contributed by atoms with Crippen molar-refractivity contribution in [1.29, 1.82) is 0 Å². The Labute approximate surface area is 151 Å². The lowest BCUT2D eigenvalue weighted by molar-refractivity contribution is 0.533. The highest BCUT2D eigenvalue weighted by atomic mass is 16.1. The average molecular weight is 341 g/mol. The predicted octanol–water partition coefficient (Wildman–Crippen LogP) is 5.03. The summed E-state index contributed by atoms with van der Waals surface area (Å²) in [6.07, 6.45) is 7.67. The first-order chi connectivity index (χ1) is 11.8. The molecule has 4 heteroatoms. The Morgan fingerprint density at radius 3 is 2.12 bits per heavy atom. The third-order valence-corrected chi connectivity index (χ3v) is 4.92. The highest BCUT2D eigenvalue weighted by molar-refractivity contribution is 5.16. The molecule has 0 spiro atoms. The molecule has 0 aromatic carbocycles. The summed E-state index contributed by atoms with van der Waals surface area (Å²) in [6.45, 7) is 12.7. The number of aromatic nitrogens is 3. The molecule has 0 radical (unpaired) electrons. The Morgan fingerprint density at radius 2 is 1.56 bits per heavy atom. The van der Waals surface area contributed by atoms with Crippen molar-refractivity contribution >= 4 is 0 Å². The van der Waals surface area contributed by atoms with Crippen molar-refractivity contribution in [2.24, 2.45) is 0 Å². The van der Waals surface area contributed by atoms with Crippen LogP contribution in [-0.4, -0.2) is 14.5 Å². The highest BCUT2D eigenvalue weighted by Crippen LogP contribution is 2.25. The van der Waals surface area contributed by atoms with E-state index in [1.165, 1.54) is 5.56 Å². The molecule has 4 nitrogen and oxygen atoms in total. The zero-order chi connectivity index (χ0) is 18.6. The van der Waals surface area contributed by atoms with Crippen LogP contribution in [0.4, 0.5) is 0 Å². The lowest BCUT2D eigenvalue weighted by Gasteiger charge is -2.17. The number of nitrogens with zero attached hydrogens (tertiary/aromatic N) is 3. The summed E-state index contributed by atoms with van der Waals surface area (Å²) in [5.41, 5.74) is 2.21. The van der Waals surface area contributed by atoms with Gasteiger partial charge in [-0.3, -0.25) is 4.79 Å². The lowest BCUT2D eigenvalue weighted by Crippen LogP contribution is -2.25. The maximum Gasteiger partial charge on any atom is 0.254 e. The summed E-state index contributed by atoms with van der Waals surface area (Å²) in [4.78, 5) is 21.7. The van der Waals surface area contributed by atoms with Crippen molar-refractivity contribution in [2.75, 3.05) is 0 Å². The first-order valence-corrected chi connectivity index (χ1v) is 9.34. The van der Waals surface area contributed by atoms with E-state index in [9.17, 15) is 4.79 Å². The summed E-state index contributed by atoms with van der Waals surface area (Å²) >= 11 is 0. The first-order valence-electron chi connectivity index (χ1n) is 9.34. The van der Waals surface area contributed by atoms with E-state index in [0.717, 1.165) is 24.2 Å². The van der Waals surface area contributed by atoms with Crippen LogP contribution in [0.3, 0.4) is 0 Å². The number of hydrogen-bond acceptors (Lipinski definition) is 3. The van der Waals surface area contributed by atoms with Gasteiger partial charge in [-0.15, -0.1) is 0 Å². The molecule has 0 aliphatic rings. The van der Waals surface area contributed by atoms with E-state index < -0.39 is 0 Å². The van der Waals surface area contributed by atoms with Gasteiger partial charge in [0, 0.05) is 36.1 Å². The van der Waals surface area contributed by atoms with Gasteiger partial charge in [0.25, 0.3) is 5.56 Å². The second-order valence-corrected chi connectivity index (χ2v) is 7.68. The van der Waals surface area contributed by atoms with Crippen LogP contribution in [0.1, 0.15) is 95.1 Å². The minimum absolute atomic E-state index is 0.134. The third kappa shape index (κ3) is 4.77. The summed E-state index contributed by atoms with van der Waals surface area (Å²) in [6, 6.07) is 4.13. The van der Waals surface area contributed by atoms with Gasteiger partial charge in [-0.2, -0.15) is 0 Å². The highest BCUT2D eigenvalue weighted by Gasteiger charge is 2.16. The van der Waals surface area contributed by atoms with E-state index in [-0.39, 0.29) is 17.5 Å². The minimum Gasteiger partial charge on any atom is -0.313 e. The van der Waals surface area contributed by atoms with Crippen LogP contribution in [-0.2, 0) is 0 Å². The molecule has 2 aromatic heterocycles. The van der Waals surface area contributed by atoms with Crippen LogP contribution < -0.4 is 5.56 Å². The molecule has 0 saturated heterocycles. The quantitative estimate of drug-likeness (QED) is 0.709. The van der Waals surface area contributed by atoms with Crippen molar-refractivity contribution in [2.45, 2.75) is 78.2 Å². The largest absolute Gasteiger partial charge is 0.313 e. The van der Waals surface area contributed by atoms with Gasteiger partial charge in [-0.25, -0.2) is 9.97 Å². The van der Waals surface area contributed by atoms with Crippen molar-refractivity contribution in [3.8, 4) is 0 Å². The molecule has 25 heavy (non-hydrogen) atoms. The maximum absolute atomic E-state index is 12.6. The third-order valence-electron chi connectivity index (χ3n) is 4.92. The van der Waals surface area contributed by atoms with Crippen molar-refractivity contribution in [3.05, 3.63) is 58.0 Å². The van der Waals surface area contributed by atoms with Gasteiger partial charge in [0.1, 0.15) is 5.82 Å². The van der Waals surface area contributed by atoms with Crippen molar-refractivity contribution in [3.63, 3.8) is 0 Å². The fourth-order valence-electron chi connectivity index (χ4n) is 2.99. The van der Waals surface area contributed by atoms with E-state index in [1.54, 1.807) is 0 Å². The van der Waals surface area contributed by atoms with Gasteiger partial charge in [0.15, 0.2) is 0 Å². The summed E-state index contributed by atoms with van der Waals surface area (Å²) in [5, 5.41) is 0. The zero-order valence-electron chi connectivity index (χ0n) is 16.4. The van der Waals surface area contributed by atoms with Crippen LogP contribution in [0, 0.1) is 0 Å². The van der Waals surface area contributed by atoms with Crippen molar-refractivity contribution in [1.82, 2.24) is 14.5 Å². The number of rotatable bonds is 7. The summed E-state index contributed by atoms with van der Waals surface area (Å²) < 4.78 is 1.81. The van der Waals surface area contributed by atoms with E-state index >= 15 is 0 Å². The van der Waals surface area contributed by atoms with Gasteiger partial charge < -0.3 is 4.57 Å². The van der Waals surface area contributed by atoms with E-state index in [2.05, 4.69) is 37.7 Å². The molecule has 0 aliphatic carbocycles. The Bertz CT molecular complexity index is 732. The molecule has 0 aliphatic heterocycles. The molecule has 0 amide bonds. The molecule has 2 rings (SSSR count). The molecule has 2 heterocycles. The van der Waals surface area contributed by atoms with Crippen molar-refractivity contribution < 1.29 is 0 Å². The van der Waals surface area contributed by atoms with Gasteiger partial charge in [-0.1, -0.05) is 33.8 Å². The van der Waals surface area contributed by atoms with Crippen LogP contribution in [0.5, 0.6) is 0 Å². The second kappa shape index (κ2) is 8.41. The monoisotopic (exact) mass is 341 g/mol. The Morgan fingerprint density at radius 1 is 0.960 bits per heavy atom. The minimum atomic E-state index is 0.134. The number of hydrogen-bond donors (Lipinski definition) is 0. The van der Waals surface area contributed by atoms with E-state index in [1.807, 2.05) is 49.1 Å². The summed E-state index contributed by atoms with van der Waals surface area (Å²) in [7, 11) is 0. The van der Waals surface area contributed by atoms with Crippen LogP contribution in [0.2, 0.25) is 0 Å². The number of pyridine rings is 1. The van der Waals surface area contributed by atoms with Gasteiger partial charge in [0.2, 0.25) is 0 Å². The molecular weight excluding hydrogens is 310 g/mol. The normalized spacial score (nSPS) is 14.1. The fourth-order valence-corrected chi connectivity index (χ4v) is 2.99. The smallest absolute Gasteiger partial charge is 0.254 e. The lowest BCUT2D eigenvalue weighted by atomic mass is 9.92. The molecule has 0 bridgehead atoms. The Balaban J connectivity index is 2.03. The molecule has 2 unspecified atom stereocenters. The average Bonchev–Trinajstić information content (AvgIpc) is 2.59. The first kappa shape index (κ1) is 19.4. The zero-order valence-corrected chi connectivity index (χ0v) is 16.4. The molecule has 0 saturated carbocycles. The van der Waals surface area contributed by atoms with Gasteiger partial charge in [-0.05, 0) is 50.2 Å². The second-order valence-electron chi connectivity index (χ2n) is 7.68. The predicted molar refractivity (Wildman–Crippen MR) is 103 cm³/mol. The molecular formula is C21H31N3O. The maximum atomic E-state index is 12.6. The van der Waals surface area contributed by atoms with Gasteiger partial charge in [0.05, 0.1) is 0 Å². The standard InChI is InChI=1S/C21H31N3O/c1-14(2)18-12-22-20(23-13-18)17(6)10-9-16(5)19-8-7-11-24(15(3)4)21(19)25/h7-8,11-17H,9-10H2,1-6H3. The SMILES string of the molecule is CC(C)c1cnc(C(C)CCC(C)c2cccn(C(C)C)c2=O)nc1. The molecule has 2 aromatic rings. The topological polar surface area (TPSA) is 47.8 Å². The molecule has 0 N–H and O–H groups in total. The Kier molecular flexibility index (Phi) is 6.51. The Hall–Kier alpha value is -1.97. The van der Waals surface area contributed by atoms with Crippen LogP contribution in [0.25, 0.3) is 0 Å². The molecule has 2 atom stereocenters. The van der Waals surface area contributed by atoms with E-state index in [0.29, 0.717) is 11.8 Å².